The fourth-order valence-electron chi connectivity index (χ4n) is 12.3. The number of nitrogens with two attached hydrogens (primary N) is 1. The standard InChI is InChI=1S/C65H90N8O18S6/c1-64(2)52-44-50(96(85,86)87)31-33-54(52)72(40-15-17-42-93(77,78)79)56(64)35-27-47-20-19-21-48(28-36-57-65(3,4)53-45-51(97(88,89)90)32-34-55(53)73(57)41-16-18-43-94(80,81)82)61(47)91-49-29-24-46(25-30-49)26-37-59(75)68-39-14-9-5-7-11-22-58(74)67-38-13-10-6-8-12-23-60(76)69-62-70-71-63(92-62)95(66,83)84/h24-25,27-36,44-45,56H,5-23,26,37-43H2,1-4H3,(H,67,74)(H,68,75)(H2,66,83,84)(H,69,70,76)(H,77,78,79)(H,80,81,82)(H,85,86,87)(H,88,89,90)/b35-27+,48-28+,57-36+. The van der Waals surface area contributed by atoms with E-state index in [-0.39, 0.29) is 62.7 Å². The van der Waals surface area contributed by atoms with Crippen molar-refractivity contribution in [2.45, 2.75) is 194 Å². The Morgan fingerprint density at radius 1 is 0.629 bits per heavy atom. The predicted molar refractivity (Wildman–Crippen MR) is 371 cm³/mol. The summed E-state index contributed by atoms with van der Waals surface area (Å²) in [5.74, 6) is -0.232. The molecule has 0 radical (unpaired) electrons. The third-order valence-corrected chi connectivity index (χ3v) is 22.9. The molecule has 0 fully saturated rings. The zero-order valence-electron chi connectivity index (χ0n) is 55.1. The van der Waals surface area contributed by atoms with E-state index >= 15 is 0 Å². The molecule has 1 atom stereocenters. The number of ether oxygens (including phenoxy) is 1. The summed E-state index contributed by atoms with van der Waals surface area (Å²) in [6, 6.07) is 15.7. The molecule has 0 spiro atoms. The molecule has 1 aromatic heterocycles. The first-order valence-electron chi connectivity index (χ1n) is 32.5. The van der Waals surface area contributed by atoms with E-state index in [2.05, 4.69) is 31.0 Å². The van der Waals surface area contributed by atoms with Gasteiger partial charge in [-0.15, -0.1) is 10.2 Å². The summed E-state index contributed by atoms with van der Waals surface area (Å²) in [4.78, 5) is 41.0. The molecule has 1 aliphatic carbocycles. The van der Waals surface area contributed by atoms with Gasteiger partial charge in [0.1, 0.15) is 11.5 Å². The molecule has 4 aromatic rings. The van der Waals surface area contributed by atoms with Crippen molar-refractivity contribution in [2.24, 2.45) is 5.14 Å². The number of aryl methyl sites for hydroxylation is 1. The van der Waals surface area contributed by atoms with Gasteiger partial charge < -0.3 is 30.5 Å². The molecule has 0 saturated heterocycles. The normalized spacial score (nSPS) is 17.3. The number of allylic oxidation sites excluding steroid dienone is 6. The van der Waals surface area contributed by atoms with Crippen molar-refractivity contribution in [1.82, 2.24) is 20.8 Å². The van der Waals surface area contributed by atoms with Crippen molar-refractivity contribution in [3.63, 3.8) is 0 Å². The van der Waals surface area contributed by atoms with E-state index < -0.39 is 78.9 Å². The Morgan fingerprint density at radius 2 is 1.18 bits per heavy atom. The quantitative estimate of drug-likeness (QED) is 0.0117. The van der Waals surface area contributed by atoms with E-state index in [1.165, 1.54) is 24.3 Å². The molecule has 3 aliphatic rings. The Kier molecular flexibility index (Phi) is 27.4. The fraction of sp³-hybridized carbons (Fsp3) is 0.523. The molecule has 3 amide bonds. The third kappa shape index (κ3) is 23.3. The van der Waals surface area contributed by atoms with Gasteiger partial charge in [0, 0.05) is 73.3 Å². The molecule has 0 saturated carbocycles. The van der Waals surface area contributed by atoms with Crippen molar-refractivity contribution in [3.8, 4) is 5.75 Å². The SMILES string of the molecule is CC1(C)/C(=C\C=C2/CCCC(/C=C/C3N(CCCCS(=O)(=O)O)c4ccc(S(=O)(=O)O)cc4C3(C)C)=C2Oc2ccc(CCC(=O)NCCCCCCCC(=O)NCCCCCCCC(=O)Nc3nnc(S(N)(=O)=O)s3)cc2)N(CCCCS(=O)(=O)O)c2ccc(S(=O)(=O)O)cc21. The lowest BCUT2D eigenvalue weighted by molar-refractivity contribution is -0.122. The number of rotatable bonds is 38. The minimum absolute atomic E-state index is 0.00827. The van der Waals surface area contributed by atoms with Crippen LogP contribution in [0.4, 0.5) is 16.5 Å². The number of sulfonamides is 1. The largest absolute Gasteiger partial charge is 0.457 e. The number of aromatic nitrogens is 2. The lowest BCUT2D eigenvalue weighted by Crippen LogP contribution is -2.40. The monoisotopic (exact) mass is 1460 g/mol. The number of benzene rings is 3. The Morgan fingerprint density at radius 3 is 1.75 bits per heavy atom. The second-order valence-electron chi connectivity index (χ2n) is 25.7. The van der Waals surface area contributed by atoms with Crippen LogP contribution in [0.2, 0.25) is 0 Å². The van der Waals surface area contributed by atoms with Gasteiger partial charge in [-0.2, -0.15) is 33.7 Å². The molecular weight excluding hydrogens is 1370 g/mol. The zero-order chi connectivity index (χ0) is 71.0. The van der Waals surface area contributed by atoms with Crippen LogP contribution in [-0.4, -0.2) is 132 Å². The van der Waals surface area contributed by atoms with E-state index in [0.717, 1.165) is 80.2 Å². The molecule has 534 valence electrons. The fourth-order valence-corrected chi connectivity index (χ4v) is 15.8. The maximum absolute atomic E-state index is 13.0. The highest BCUT2D eigenvalue weighted by atomic mass is 32.3. The van der Waals surface area contributed by atoms with Gasteiger partial charge in [0.05, 0.1) is 27.3 Å². The van der Waals surface area contributed by atoms with Gasteiger partial charge in [0.25, 0.3) is 50.5 Å². The van der Waals surface area contributed by atoms with E-state index in [0.29, 0.717) is 123 Å². The zero-order valence-corrected chi connectivity index (χ0v) is 60.0. The molecule has 9 N–H and O–H groups in total. The minimum Gasteiger partial charge on any atom is -0.457 e. The van der Waals surface area contributed by atoms with E-state index in [4.69, 9.17) is 9.88 Å². The number of fused-ring (bicyclic) bond motifs is 2. The lowest BCUT2D eigenvalue weighted by atomic mass is 9.80. The average molecular weight is 1460 g/mol. The molecule has 7 rings (SSSR count). The van der Waals surface area contributed by atoms with Crippen LogP contribution in [0.1, 0.15) is 173 Å². The highest BCUT2D eigenvalue weighted by Gasteiger charge is 2.44. The first-order chi connectivity index (χ1) is 45.5. The number of carbonyl (C=O) groups is 3. The summed E-state index contributed by atoms with van der Waals surface area (Å²) in [7, 11) is -21.6. The number of amides is 3. The third-order valence-electron chi connectivity index (χ3n) is 17.5. The molecule has 97 heavy (non-hydrogen) atoms. The van der Waals surface area contributed by atoms with Crippen molar-refractivity contribution >= 4 is 96.1 Å². The Hall–Kier alpha value is -6.46. The number of unbranched alkanes of at least 4 members (excludes halogenated alkanes) is 10. The Bertz CT molecular complexity index is 4190. The molecule has 26 nitrogen and oxygen atoms in total. The van der Waals surface area contributed by atoms with Crippen molar-refractivity contribution in [1.29, 1.82) is 0 Å². The van der Waals surface area contributed by atoms with Crippen LogP contribution in [-0.2, 0) is 82.1 Å². The van der Waals surface area contributed by atoms with Crippen LogP contribution in [0, 0.1) is 0 Å². The Labute approximate surface area is 574 Å². The van der Waals surface area contributed by atoms with Gasteiger partial charge in [-0.25, -0.2) is 13.6 Å². The number of hydrogen-bond acceptors (Lipinski definition) is 19. The summed E-state index contributed by atoms with van der Waals surface area (Å²) in [6.45, 7) is 9.45. The summed E-state index contributed by atoms with van der Waals surface area (Å²) < 4.78 is 165. The van der Waals surface area contributed by atoms with Crippen LogP contribution in [0.5, 0.6) is 5.75 Å². The highest BCUT2D eigenvalue weighted by Crippen LogP contribution is 2.50. The van der Waals surface area contributed by atoms with E-state index in [1.54, 1.807) is 12.1 Å². The molecule has 0 bridgehead atoms. The number of carbonyl (C=O) groups excluding carboxylic acids is 3. The van der Waals surface area contributed by atoms with E-state index in [1.807, 2.05) is 81.2 Å². The topological polar surface area (TPSA) is 406 Å². The van der Waals surface area contributed by atoms with Gasteiger partial charge >= 0.3 is 0 Å². The van der Waals surface area contributed by atoms with Crippen LogP contribution in [0.3, 0.4) is 0 Å². The maximum Gasteiger partial charge on any atom is 0.294 e. The van der Waals surface area contributed by atoms with Crippen molar-refractivity contribution < 1.29 is 79.4 Å². The molecule has 32 heteroatoms. The van der Waals surface area contributed by atoms with Gasteiger partial charge in [0.15, 0.2) is 0 Å². The van der Waals surface area contributed by atoms with Crippen molar-refractivity contribution in [3.05, 3.63) is 124 Å². The molecule has 2 aliphatic heterocycles. The molecule has 1 unspecified atom stereocenters. The second kappa shape index (κ2) is 34.1. The molecular formula is C65H90N8O18S6. The maximum atomic E-state index is 13.0. The predicted octanol–water partition coefficient (Wildman–Crippen LogP) is 9.65. The van der Waals surface area contributed by atoms with Gasteiger partial charge in [-0.1, -0.05) is 108 Å². The van der Waals surface area contributed by atoms with Crippen LogP contribution in [0.25, 0.3) is 0 Å². The lowest BCUT2D eigenvalue weighted by Gasteiger charge is -2.33. The average Bonchev–Trinajstić information content (AvgIpc) is 1.60. The van der Waals surface area contributed by atoms with Crippen molar-refractivity contribution in [2.75, 3.05) is 52.8 Å². The smallest absolute Gasteiger partial charge is 0.294 e. The number of nitrogens with one attached hydrogen (secondary N) is 3. The van der Waals surface area contributed by atoms with Gasteiger partial charge in [-0.05, 0) is 159 Å². The first kappa shape index (κ1) is 77.9. The number of primary sulfonamides is 1. The van der Waals surface area contributed by atoms with Gasteiger partial charge in [0.2, 0.25) is 27.2 Å². The summed E-state index contributed by atoms with van der Waals surface area (Å²) >= 11 is 0.689. The number of anilines is 3. The van der Waals surface area contributed by atoms with Gasteiger partial charge in [-0.3, -0.25) is 32.6 Å². The van der Waals surface area contributed by atoms with Crippen LogP contribution >= 0.6 is 11.3 Å². The van der Waals surface area contributed by atoms with E-state index in [9.17, 15) is 74.7 Å². The molecule has 3 aromatic carbocycles. The minimum atomic E-state index is -4.59. The first-order valence-corrected chi connectivity index (χ1v) is 41.0. The summed E-state index contributed by atoms with van der Waals surface area (Å²) in [5.41, 5.74) is 4.19. The molecule has 3 heterocycles. The number of nitrogens with zero attached hydrogens (tertiary/aromatic N) is 4. The summed E-state index contributed by atoms with van der Waals surface area (Å²) in [6.07, 6.45) is 20.4. The highest BCUT2D eigenvalue weighted by molar-refractivity contribution is 7.91. The Balaban J connectivity index is 0.970. The summed E-state index contributed by atoms with van der Waals surface area (Å²) in [5, 5.41) is 20.7. The van der Waals surface area contributed by atoms with Crippen LogP contribution in [0.15, 0.2) is 122 Å². The van der Waals surface area contributed by atoms with Crippen LogP contribution < -0.4 is 35.6 Å². The number of hydrogen-bond donors (Lipinski definition) is 8. The second-order valence-corrected chi connectivity index (χ2v) is 34.4.